The number of ether oxygens (including phenoxy) is 1. The number of aromatic nitrogens is 1. The summed E-state index contributed by atoms with van der Waals surface area (Å²) in [6.45, 7) is 4.73. The van der Waals surface area contributed by atoms with Gasteiger partial charge in [-0.3, -0.25) is 9.69 Å². The Morgan fingerprint density at radius 1 is 1.26 bits per heavy atom. The summed E-state index contributed by atoms with van der Waals surface area (Å²) in [5.74, 6) is -2.72. The lowest BCUT2D eigenvalue weighted by atomic mass is 10.1. The Morgan fingerprint density at radius 2 is 2.00 bits per heavy atom. The molecule has 0 bridgehead atoms. The molecule has 3 aromatic rings. The average molecular weight is 491 g/mol. The van der Waals surface area contributed by atoms with Crippen molar-refractivity contribution in [2.24, 2.45) is 0 Å². The van der Waals surface area contributed by atoms with Gasteiger partial charge in [-0.15, -0.1) is 0 Å². The SMILES string of the molecule is CC1CN(c2c(F)cc3c(=O)c(OC(=O)O)cn(C4CC4)c3c2F)CCN1[C@@H](C)c1coc(=O)o1. The molecule has 5 rings (SSSR count). The van der Waals surface area contributed by atoms with Gasteiger partial charge >= 0.3 is 12.0 Å². The molecule has 2 aliphatic rings. The molecule has 186 valence electrons. The molecule has 2 aromatic heterocycles. The number of anilines is 1. The van der Waals surface area contributed by atoms with Gasteiger partial charge in [-0.25, -0.2) is 18.4 Å². The number of rotatable bonds is 5. The Morgan fingerprint density at radius 3 is 2.60 bits per heavy atom. The Labute approximate surface area is 196 Å². The van der Waals surface area contributed by atoms with E-state index >= 15 is 8.78 Å². The van der Waals surface area contributed by atoms with Crippen LogP contribution in [-0.4, -0.2) is 46.4 Å². The van der Waals surface area contributed by atoms with E-state index < -0.39 is 34.8 Å². The molecule has 12 heteroatoms. The molecule has 1 aliphatic carbocycles. The Kier molecular flexibility index (Phi) is 5.62. The van der Waals surface area contributed by atoms with Crippen molar-refractivity contribution >= 4 is 22.7 Å². The molecule has 3 heterocycles. The number of nitrogens with zero attached hydrogens (tertiary/aromatic N) is 3. The van der Waals surface area contributed by atoms with E-state index in [0.717, 1.165) is 6.07 Å². The molecule has 0 amide bonds. The number of hydrogen-bond donors (Lipinski definition) is 1. The lowest BCUT2D eigenvalue weighted by Crippen LogP contribution is -2.53. The molecule has 1 aromatic carbocycles. The van der Waals surface area contributed by atoms with Crippen LogP contribution < -0.4 is 20.9 Å². The van der Waals surface area contributed by atoms with Gasteiger partial charge < -0.3 is 28.1 Å². The topological polar surface area (TPSA) is 118 Å². The maximum Gasteiger partial charge on any atom is 0.518 e. The van der Waals surface area contributed by atoms with E-state index in [9.17, 15) is 14.4 Å². The Bertz CT molecular complexity index is 1420. The molecule has 1 N–H and O–H groups in total. The van der Waals surface area contributed by atoms with Crippen molar-refractivity contribution in [2.75, 3.05) is 24.5 Å². The van der Waals surface area contributed by atoms with E-state index in [1.54, 1.807) is 4.90 Å². The molecule has 0 spiro atoms. The number of carboxylic acid groups (broad SMARTS) is 1. The summed E-state index contributed by atoms with van der Waals surface area (Å²) in [5, 5.41) is 8.66. The number of piperazine rings is 1. The fraction of sp³-hybridized carbons (Fsp3) is 0.435. The van der Waals surface area contributed by atoms with Crippen molar-refractivity contribution in [2.45, 2.75) is 44.8 Å². The standard InChI is InChI=1S/C23H23F2N3O7/c1-11-8-26(5-6-27(11)12(2)17-10-33-23(32)35-17)20-15(24)7-14-19(18(20)25)28(13-3-4-13)9-16(21(14)29)34-22(30)31/h7,9-13H,3-6,8H2,1-2H3,(H,30,31)/t11?,12-/m0/s1. The first-order valence-electron chi connectivity index (χ1n) is 11.2. The molecule has 2 atom stereocenters. The smallest absolute Gasteiger partial charge is 0.449 e. The van der Waals surface area contributed by atoms with Gasteiger partial charge in [-0.2, -0.15) is 0 Å². The van der Waals surface area contributed by atoms with Gasteiger partial charge in [0.1, 0.15) is 17.8 Å². The van der Waals surface area contributed by atoms with Crippen molar-refractivity contribution in [3.63, 3.8) is 0 Å². The highest BCUT2D eigenvalue weighted by Gasteiger charge is 2.34. The maximum atomic E-state index is 15.9. The zero-order valence-electron chi connectivity index (χ0n) is 19.0. The summed E-state index contributed by atoms with van der Waals surface area (Å²) in [7, 11) is 0. The monoisotopic (exact) mass is 491 g/mol. The number of hydrogen-bond acceptors (Lipinski definition) is 8. The van der Waals surface area contributed by atoms with Crippen LogP contribution in [0, 0.1) is 11.6 Å². The first-order chi connectivity index (χ1) is 16.7. The quantitative estimate of drug-likeness (QED) is 0.535. The summed E-state index contributed by atoms with van der Waals surface area (Å²) in [4.78, 5) is 38.6. The van der Waals surface area contributed by atoms with Crippen LogP contribution >= 0.6 is 0 Å². The second-order valence-corrected chi connectivity index (χ2v) is 8.95. The molecule has 1 saturated carbocycles. The Hall–Kier alpha value is -3.67. The lowest BCUT2D eigenvalue weighted by molar-refractivity contribution is 0.122. The first-order valence-corrected chi connectivity index (χ1v) is 11.2. The fourth-order valence-electron chi connectivity index (χ4n) is 4.85. The van der Waals surface area contributed by atoms with Crippen LogP contribution in [-0.2, 0) is 0 Å². The Balaban J connectivity index is 1.52. The zero-order chi connectivity index (χ0) is 25.0. The molecule has 35 heavy (non-hydrogen) atoms. The molecule has 1 unspecified atom stereocenters. The van der Waals surface area contributed by atoms with Crippen LogP contribution in [0.5, 0.6) is 5.75 Å². The predicted octanol–water partition coefficient (Wildman–Crippen LogP) is 3.49. The summed E-state index contributed by atoms with van der Waals surface area (Å²) in [6, 6.07) is 0.370. The molecular weight excluding hydrogens is 468 g/mol. The maximum absolute atomic E-state index is 15.9. The van der Waals surface area contributed by atoms with Crippen molar-refractivity contribution in [3.8, 4) is 5.75 Å². The van der Waals surface area contributed by atoms with Crippen molar-refractivity contribution < 1.29 is 32.3 Å². The number of halogens is 2. The third-order valence-corrected chi connectivity index (χ3v) is 6.67. The van der Waals surface area contributed by atoms with E-state index in [1.807, 2.05) is 18.7 Å². The summed E-state index contributed by atoms with van der Waals surface area (Å²) >= 11 is 0. The number of benzene rings is 1. The van der Waals surface area contributed by atoms with Gasteiger partial charge in [0.2, 0.25) is 5.43 Å². The van der Waals surface area contributed by atoms with Crippen molar-refractivity contribution in [1.82, 2.24) is 9.47 Å². The summed E-state index contributed by atoms with van der Waals surface area (Å²) in [5.41, 5.74) is -1.21. The molecule has 2 fully saturated rings. The summed E-state index contributed by atoms with van der Waals surface area (Å²) < 4.78 is 47.0. The second kappa shape index (κ2) is 8.52. The average Bonchev–Trinajstić information content (AvgIpc) is 3.55. The van der Waals surface area contributed by atoms with Crippen LogP contribution in [0.15, 0.2) is 36.9 Å². The third-order valence-electron chi connectivity index (χ3n) is 6.67. The number of fused-ring (bicyclic) bond motifs is 1. The highest BCUT2D eigenvalue weighted by Crippen LogP contribution is 2.40. The highest BCUT2D eigenvalue weighted by molar-refractivity contribution is 5.86. The minimum atomic E-state index is -1.68. The normalized spacial score (nSPS) is 19.8. The van der Waals surface area contributed by atoms with Gasteiger partial charge in [-0.05, 0) is 32.8 Å². The third kappa shape index (κ3) is 4.07. The largest absolute Gasteiger partial charge is 0.518 e. The van der Waals surface area contributed by atoms with E-state index in [1.165, 1.54) is 17.0 Å². The van der Waals surface area contributed by atoms with Gasteiger partial charge in [0.25, 0.3) is 0 Å². The first kappa shape index (κ1) is 23.1. The van der Waals surface area contributed by atoms with Crippen LogP contribution in [0.2, 0.25) is 0 Å². The van der Waals surface area contributed by atoms with Gasteiger partial charge in [-0.1, -0.05) is 0 Å². The minimum absolute atomic E-state index is 0.0738. The van der Waals surface area contributed by atoms with Crippen molar-refractivity contribution in [3.05, 3.63) is 56.8 Å². The zero-order valence-corrected chi connectivity index (χ0v) is 19.0. The second-order valence-electron chi connectivity index (χ2n) is 8.95. The van der Waals surface area contributed by atoms with E-state index in [-0.39, 0.29) is 47.8 Å². The van der Waals surface area contributed by atoms with Crippen molar-refractivity contribution in [1.29, 1.82) is 0 Å². The van der Waals surface area contributed by atoms with Crippen LogP contribution in [0.3, 0.4) is 0 Å². The van der Waals surface area contributed by atoms with E-state index in [0.29, 0.717) is 25.1 Å². The molecule has 0 radical (unpaired) electrons. The molecule has 1 aliphatic heterocycles. The van der Waals surface area contributed by atoms with Gasteiger partial charge in [0.05, 0.1) is 23.1 Å². The van der Waals surface area contributed by atoms with Crippen LogP contribution in [0.25, 0.3) is 10.9 Å². The lowest BCUT2D eigenvalue weighted by Gasteiger charge is -2.43. The fourth-order valence-corrected chi connectivity index (χ4v) is 4.85. The number of pyridine rings is 1. The number of carbonyl (C=O) groups is 1. The van der Waals surface area contributed by atoms with E-state index in [2.05, 4.69) is 4.74 Å². The van der Waals surface area contributed by atoms with E-state index in [4.69, 9.17) is 13.9 Å². The van der Waals surface area contributed by atoms with Gasteiger partial charge in [0, 0.05) is 31.7 Å². The van der Waals surface area contributed by atoms with Crippen LogP contribution in [0.4, 0.5) is 19.3 Å². The minimum Gasteiger partial charge on any atom is -0.449 e. The molecule has 1 saturated heterocycles. The molecular formula is C23H23F2N3O7. The predicted molar refractivity (Wildman–Crippen MR) is 119 cm³/mol. The van der Waals surface area contributed by atoms with Gasteiger partial charge in [0.15, 0.2) is 17.3 Å². The molecule has 10 nitrogen and oxygen atoms in total. The highest BCUT2D eigenvalue weighted by atomic mass is 19.1. The van der Waals surface area contributed by atoms with Crippen LogP contribution in [0.1, 0.15) is 44.5 Å². The summed E-state index contributed by atoms with van der Waals surface area (Å²) in [6.07, 6.45) is 2.19.